The lowest BCUT2D eigenvalue weighted by Crippen LogP contribution is -2.52. The summed E-state index contributed by atoms with van der Waals surface area (Å²) in [7, 11) is 0. The van der Waals surface area contributed by atoms with Crippen molar-refractivity contribution in [1.82, 2.24) is 16.0 Å². The van der Waals surface area contributed by atoms with Crippen LogP contribution in [0.4, 0.5) is 5.69 Å². The molecule has 0 radical (unpaired) electrons. The lowest BCUT2D eigenvalue weighted by Gasteiger charge is -2.22. The molecule has 13 nitrogen and oxygen atoms in total. The van der Waals surface area contributed by atoms with E-state index in [2.05, 4.69) is 26.3 Å². The van der Waals surface area contributed by atoms with E-state index >= 15 is 0 Å². The van der Waals surface area contributed by atoms with Gasteiger partial charge in [-0.05, 0) is 43.4 Å². The second-order valence-corrected chi connectivity index (χ2v) is 9.16. The van der Waals surface area contributed by atoms with Crippen molar-refractivity contribution >= 4 is 46.2 Å². The summed E-state index contributed by atoms with van der Waals surface area (Å²) >= 11 is 0. The zero-order valence-electron chi connectivity index (χ0n) is 21.9. The third-order valence-corrected chi connectivity index (χ3v) is 5.55. The summed E-state index contributed by atoms with van der Waals surface area (Å²) in [5, 5.41) is 11.1. The van der Waals surface area contributed by atoms with E-state index in [1.165, 1.54) is 19.1 Å². The van der Waals surface area contributed by atoms with Crippen molar-refractivity contribution in [1.29, 1.82) is 0 Å². The fraction of sp³-hybridized carbons (Fsp3) is 0.440. The van der Waals surface area contributed by atoms with E-state index in [0.29, 0.717) is 17.7 Å². The Bertz CT molecular complexity index is 1270. The Labute approximate surface area is 219 Å². The molecule has 0 saturated carbocycles. The van der Waals surface area contributed by atoms with Gasteiger partial charge in [-0.25, -0.2) is 4.79 Å². The first-order valence-corrected chi connectivity index (χ1v) is 12.1. The minimum atomic E-state index is -0.981. The molecule has 0 saturated heterocycles. The van der Waals surface area contributed by atoms with Gasteiger partial charge in [0, 0.05) is 36.7 Å². The Morgan fingerprint density at radius 1 is 1.05 bits per heavy atom. The molecule has 2 aromatic rings. The van der Waals surface area contributed by atoms with Gasteiger partial charge in [0.05, 0.1) is 6.54 Å². The first-order chi connectivity index (χ1) is 17.9. The first-order valence-electron chi connectivity index (χ1n) is 12.1. The normalized spacial score (nSPS) is 12.3. The summed E-state index contributed by atoms with van der Waals surface area (Å²) in [5.41, 5.74) is 11.6. The van der Waals surface area contributed by atoms with E-state index in [-0.39, 0.29) is 30.8 Å². The van der Waals surface area contributed by atoms with E-state index in [4.69, 9.17) is 15.9 Å². The summed E-state index contributed by atoms with van der Waals surface area (Å²) in [6.45, 7) is 6.43. The Morgan fingerprint density at radius 2 is 1.76 bits per heavy atom. The Kier molecular flexibility index (Phi) is 10.8. The van der Waals surface area contributed by atoms with Gasteiger partial charge in [-0.3, -0.25) is 24.2 Å². The zero-order valence-corrected chi connectivity index (χ0v) is 21.9. The molecule has 1 aromatic carbocycles. The number of guanidine groups is 1. The number of carbonyl (C=O) groups excluding carboxylic acids is 4. The maximum atomic E-state index is 13.1. The molecule has 0 unspecified atom stereocenters. The zero-order chi connectivity index (χ0) is 28.4. The second kappa shape index (κ2) is 13.8. The van der Waals surface area contributed by atoms with Crippen molar-refractivity contribution in [2.75, 3.05) is 18.4 Å². The number of amides is 4. The van der Waals surface area contributed by atoms with Crippen LogP contribution in [0.15, 0.2) is 38.5 Å². The standard InChI is InChI=1S/C25H35N7O6/c1-13(2)22(30-15(4)33)24(37)29-12-20(34)32-18(6-5-9-28-25(26)27)23(36)31-16-7-8-17-14(3)10-21(35)38-19(17)11-16/h7-8,10-11,13,18,22H,5-6,9,12H2,1-4H3,(H,29,37)(H,30,33)(H,31,36)(H,32,34)(H4,26,27,28)/t18-,22-/m0/s1. The van der Waals surface area contributed by atoms with Crippen LogP contribution in [0.5, 0.6) is 0 Å². The first kappa shape index (κ1) is 29.8. The van der Waals surface area contributed by atoms with Gasteiger partial charge in [0.15, 0.2) is 5.96 Å². The lowest BCUT2D eigenvalue weighted by atomic mass is 10.0. The summed E-state index contributed by atoms with van der Waals surface area (Å²) in [4.78, 5) is 65.1. The average molecular weight is 530 g/mol. The van der Waals surface area contributed by atoms with Crippen molar-refractivity contribution in [2.45, 2.75) is 52.6 Å². The predicted molar refractivity (Wildman–Crippen MR) is 143 cm³/mol. The van der Waals surface area contributed by atoms with Crippen LogP contribution in [0.1, 0.15) is 39.2 Å². The van der Waals surface area contributed by atoms with Crippen LogP contribution in [0, 0.1) is 12.8 Å². The number of aryl methyl sites for hydroxylation is 1. The fourth-order valence-electron chi connectivity index (χ4n) is 3.68. The molecular weight excluding hydrogens is 494 g/mol. The molecule has 0 bridgehead atoms. The quantitative estimate of drug-likeness (QED) is 0.0940. The smallest absolute Gasteiger partial charge is 0.336 e. The summed E-state index contributed by atoms with van der Waals surface area (Å²) in [6.07, 6.45) is 0.580. The molecule has 0 aliphatic heterocycles. The molecule has 0 fully saturated rings. The molecule has 2 rings (SSSR count). The lowest BCUT2D eigenvalue weighted by molar-refractivity contribution is -0.131. The molecule has 1 aromatic heterocycles. The number of nitrogens with two attached hydrogens (primary N) is 2. The van der Waals surface area contributed by atoms with Gasteiger partial charge in [-0.15, -0.1) is 0 Å². The molecule has 13 heteroatoms. The number of rotatable bonds is 12. The molecule has 4 amide bonds. The maximum Gasteiger partial charge on any atom is 0.336 e. The number of hydrogen-bond acceptors (Lipinski definition) is 7. The van der Waals surface area contributed by atoms with Gasteiger partial charge >= 0.3 is 5.63 Å². The largest absolute Gasteiger partial charge is 0.423 e. The number of nitrogens with zero attached hydrogens (tertiary/aromatic N) is 1. The summed E-state index contributed by atoms with van der Waals surface area (Å²) < 4.78 is 5.22. The molecule has 0 aliphatic rings. The Balaban J connectivity index is 2.10. The number of aliphatic imine (C=N–C) groups is 1. The molecule has 8 N–H and O–H groups in total. The third-order valence-electron chi connectivity index (χ3n) is 5.55. The Hall–Kier alpha value is -4.42. The molecule has 0 aliphatic carbocycles. The Morgan fingerprint density at radius 3 is 2.39 bits per heavy atom. The molecule has 206 valence electrons. The van der Waals surface area contributed by atoms with Crippen LogP contribution in [-0.2, 0) is 19.2 Å². The van der Waals surface area contributed by atoms with E-state index in [0.717, 1.165) is 10.9 Å². The van der Waals surface area contributed by atoms with Gasteiger partial charge in [-0.1, -0.05) is 13.8 Å². The van der Waals surface area contributed by atoms with Crippen LogP contribution in [0.2, 0.25) is 0 Å². The van der Waals surface area contributed by atoms with Gasteiger partial charge in [0.25, 0.3) is 0 Å². The molecular formula is C25H35N7O6. The minimum absolute atomic E-state index is 0.0930. The predicted octanol–water partition coefficient (Wildman–Crippen LogP) is -0.145. The highest BCUT2D eigenvalue weighted by atomic mass is 16.4. The molecule has 38 heavy (non-hydrogen) atoms. The van der Waals surface area contributed by atoms with Crippen molar-refractivity contribution in [3.63, 3.8) is 0 Å². The van der Waals surface area contributed by atoms with E-state index in [1.807, 2.05) is 0 Å². The van der Waals surface area contributed by atoms with Gasteiger partial charge in [0.1, 0.15) is 17.7 Å². The molecule has 0 spiro atoms. The fourth-order valence-corrected chi connectivity index (χ4v) is 3.68. The van der Waals surface area contributed by atoms with E-state index in [1.54, 1.807) is 32.9 Å². The third kappa shape index (κ3) is 9.22. The highest BCUT2D eigenvalue weighted by molar-refractivity contribution is 5.99. The van der Waals surface area contributed by atoms with E-state index < -0.39 is 42.0 Å². The maximum absolute atomic E-state index is 13.1. The minimum Gasteiger partial charge on any atom is -0.423 e. The van der Waals surface area contributed by atoms with Crippen molar-refractivity contribution in [2.24, 2.45) is 22.4 Å². The average Bonchev–Trinajstić information content (AvgIpc) is 2.82. The number of fused-ring (bicyclic) bond motifs is 1. The number of benzene rings is 1. The van der Waals surface area contributed by atoms with Crippen molar-refractivity contribution in [3.05, 3.63) is 40.2 Å². The summed E-state index contributed by atoms with van der Waals surface area (Å²) in [5.74, 6) is -2.32. The SMILES string of the molecule is CC(=O)N[C@H](C(=O)NCC(=O)N[C@@H](CCCN=C(N)N)C(=O)Nc1ccc2c(C)cc(=O)oc2c1)C(C)C. The topological polar surface area (TPSA) is 211 Å². The number of anilines is 1. The van der Waals surface area contributed by atoms with Gasteiger partial charge in [-0.2, -0.15) is 0 Å². The second-order valence-electron chi connectivity index (χ2n) is 9.16. The van der Waals surface area contributed by atoms with Crippen LogP contribution < -0.4 is 38.4 Å². The van der Waals surface area contributed by atoms with E-state index in [9.17, 15) is 24.0 Å². The van der Waals surface area contributed by atoms with Crippen LogP contribution in [0.25, 0.3) is 11.0 Å². The van der Waals surface area contributed by atoms with Crippen LogP contribution in [0.3, 0.4) is 0 Å². The van der Waals surface area contributed by atoms with Crippen molar-refractivity contribution < 1.29 is 23.6 Å². The highest BCUT2D eigenvalue weighted by Crippen LogP contribution is 2.21. The highest BCUT2D eigenvalue weighted by Gasteiger charge is 2.25. The summed E-state index contributed by atoms with van der Waals surface area (Å²) in [6, 6.07) is 4.47. The molecule has 2 atom stereocenters. The monoisotopic (exact) mass is 529 g/mol. The number of carbonyl (C=O) groups is 4. The van der Waals surface area contributed by atoms with Gasteiger partial charge < -0.3 is 37.2 Å². The van der Waals surface area contributed by atoms with Gasteiger partial charge in [0.2, 0.25) is 23.6 Å². The van der Waals surface area contributed by atoms with Crippen LogP contribution >= 0.6 is 0 Å². The number of hydrogen-bond donors (Lipinski definition) is 6. The van der Waals surface area contributed by atoms with Crippen LogP contribution in [-0.4, -0.2) is 54.8 Å². The number of nitrogens with one attached hydrogen (secondary N) is 4. The molecule has 1 heterocycles. The van der Waals surface area contributed by atoms with Crippen molar-refractivity contribution in [3.8, 4) is 0 Å².